The zero-order chi connectivity index (χ0) is 15.4. The monoisotopic (exact) mass is 290 g/mol. The first-order chi connectivity index (χ1) is 9.97. The highest BCUT2D eigenvalue weighted by molar-refractivity contribution is 6.01. The maximum Gasteiger partial charge on any atom is 0.337 e. The van der Waals surface area contributed by atoms with Crippen LogP contribution < -0.4 is 10.6 Å². The maximum absolute atomic E-state index is 11.9. The standard InChI is InChI=1S/C16H22N2O3/c1-10-8-11(2)14(13(9-10)15(19)20)18-16(21)17-7-3-4-12-5-6-12/h8-9,12H,3-7H2,1-2H3,(H,19,20)(H2,17,18,21). The summed E-state index contributed by atoms with van der Waals surface area (Å²) in [6.07, 6.45) is 4.76. The first-order valence-corrected chi connectivity index (χ1v) is 7.36. The fourth-order valence-corrected chi connectivity index (χ4v) is 2.46. The largest absolute Gasteiger partial charge is 0.478 e. The zero-order valence-electron chi connectivity index (χ0n) is 12.5. The summed E-state index contributed by atoms with van der Waals surface area (Å²) in [6.45, 7) is 4.25. The normalized spacial score (nSPS) is 13.8. The number of hydrogen-bond donors (Lipinski definition) is 3. The molecule has 1 saturated carbocycles. The van der Waals surface area contributed by atoms with Crippen LogP contribution in [0.15, 0.2) is 12.1 Å². The Morgan fingerprint density at radius 2 is 2.00 bits per heavy atom. The van der Waals surface area contributed by atoms with Crippen LogP contribution >= 0.6 is 0 Å². The number of benzene rings is 1. The number of hydrogen-bond acceptors (Lipinski definition) is 2. The molecule has 21 heavy (non-hydrogen) atoms. The van der Waals surface area contributed by atoms with Crippen molar-refractivity contribution in [1.29, 1.82) is 0 Å². The van der Waals surface area contributed by atoms with Crippen molar-refractivity contribution in [2.24, 2.45) is 5.92 Å². The molecule has 0 saturated heterocycles. The molecule has 114 valence electrons. The SMILES string of the molecule is Cc1cc(C)c(NC(=O)NCCCC2CC2)c(C(=O)O)c1. The molecule has 1 fully saturated rings. The van der Waals surface area contributed by atoms with Crippen LogP contribution in [0.3, 0.4) is 0 Å². The van der Waals surface area contributed by atoms with Crippen LogP contribution in [0.2, 0.25) is 0 Å². The van der Waals surface area contributed by atoms with Crippen molar-refractivity contribution in [3.63, 3.8) is 0 Å². The minimum atomic E-state index is -1.04. The molecule has 1 aromatic carbocycles. The van der Waals surface area contributed by atoms with E-state index in [-0.39, 0.29) is 11.6 Å². The Labute approximate surface area is 124 Å². The number of urea groups is 1. The molecule has 0 spiro atoms. The van der Waals surface area contributed by atoms with Crippen LogP contribution in [0, 0.1) is 19.8 Å². The van der Waals surface area contributed by atoms with Gasteiger partial charge in [0.25, 0.3) is 0 Å². The second kappa shape index (κ2) is 6.61. The van der Waals surface area contributed by atoms with Gasteiger partial charge >= 0.3 is 12.0 Å². The molecule has 3 N–H and O–H groups in total. The van der Waals surface area contributed by atoms with Crippen LogP contribution in [-0.2, 0) is 0 Å². The second-order valence-electron chi connectivity index (χ2n) is 5.78. The molecule has 0 radical (unpaired) electrons. The van der Waals surface area contributed by atoms with Crippen molar-refractivity contribution < 1.29 is 14.7 Å². The number of carbonyl (C=O) groups is 2. The van der Waals surface area contributed by atoms with Crippen molar-refractivity contribution in [1.82, 2.24) is 5.32 Å². The predicted molar refractivity (Wildman–Crippen MR) is 81.9 cm³/mol. The molecule has 1 aliphatic rings. The molecule has 2 amide bonds. The highest BCUT2D eigenvalue weighted by Gasteiger charge is 2.20. The smallest absolute Gasteiger partial charge is 0.337 e. The minimum Gasteiger partial charge on any atom is -0.478 e. The van der Waals surface area contributed by atoms with Gasteiger partial charge in [0.1, 0.15) is 0 Å². The number of amides is 2. The summed E-state index contributed by atoms with van der Waals surface area (Å²) in [5.41, 5.74) is 2.11. The van der Waals surface area contributed by atoms with Gasteiger partial charge in [0, 0.05) is 6.54 Å². The third-order valence-electron chi connectivity index (χ3n) is 3.72. The number of carboxylic acid groups (broad SMARTS) is 1. The number of aryl methyl sites for hydroxylation is 2. The summed E-state index contributed by atoms with van der Waals surface area (Å²) in [6, 6.07) is 3.08. The third-order valence-corrected chi connectivity index (χ3v) is 3.72. The fourth-order valence-electron chi connectivity index (χ4n) is 2.46. The molecule has 0 aromatic heterocycles. The van der Waals surface area contributed by atoms with E-state index in [1.807, 2.05) is 13.0 Å². The summed E-state index contributed by atoms with van der Waals surface area (Å²) < 4.78 is 0. The molecular weight excluding hydrogens is 268 g/mol. The molecule has 5 heteroatoms. The Morgan fingerprint density at radius 1 is 1.29 bits per heavy atom. The Kier molecular flexibility index (Phi) is 4.83. The molecule has 0 aliphatic heterocycles. The number of aromatic carboxylic acids is 1. The zero-order valence-corrected chi connectivity index (χ0v) is 12.5. The lowest BCUT2D eigenvalue weighted by Gasteiger charge is -2.13. The maximum atomic E-state index is 11.9. The van der Waals surface area contributed by atoms with E-state index in [0.29, 0.717) is 12.2 Å². The van der Waals surface area contributed by atoms with Gasteiger partial charge in [-0.2, -0.15) is 0 Å². The first kappa shape index (κ1) is 15.4. The Balaban J connectivity index is 1.93. The van der Waals surface area contributed by atoms with Gasteiger partial charge in [-0.25, -0.2) is 9.59 Å². The summed E-state index contributed by atoms with van der Waals surface area (Å²) in [7, 11) is 0. The van der Waals surface area contributed by atoms with Gasteiger partial charge in [0.2, 0.25) is 0 Å². The van der Waals surface area contributed by atoms with E-state index in [4.69, 9.17) is 0 Å². The van der Waals surface area contributed by atoms with Crippen molar-refractivity contribution in [3.05, 3.63) is 28.8 Å². The molecule has 0 atom stereocenters. The lowest BCUT2D eigenvalue weighted by atomic mass is 10.0. The molecule has 5 nitrogen and oxygen atoms in total. The molecule has 1 aromatic rings. The van der Waals surface area contributed by atoms with Crippen LogP contribution in [0.25, 0.3) is 0 Å². The molecule has 1 aliphatic carbocycles. The lowest BCUT2D eigenvalue weighted by Crippen LogP contribution is -2.30. The van der Waals surface area contributed by atoms with E-state index in [1.54, 1.807) is 13.0 Å². The summed E-state index contributed by atoms with van der Waals surface area (Å²) in [4.78, 5) is 23.1. The summed E-state index contributed by atoms with van der Waals surface area (Å²) in [5.74, 6) is -0.182. The van der Waals surface area contributed by atoms with E-state index in [1.165, 1.54) is 12.8 Å². The molecular formula is C16H22N2O3. The van der Waals surface area contributed by atoms with E-state index in [0.717, 1.165) is 29.9 Å². The van der Waals surface area contributed by atoms with Gasteiger partial charge in [-0.15, -0.1) is 0 Å². The Morgan fingerprint density at radius 3 is 2.62 bits per heavy atom. The number of carboxylic acids is 1. The van der Waals surface area contributed by atoms with Gasteiger partial charge < -0.3 is 15.7 Å². The van der Waals surface area contributed by atoms with Gasteiger partial charge in [0.05, 0.1) is 11.3 Å². The van der Waals surface area contributed by atoms with Crippen LogP contribution in [-0.4, -0.2) is 23.7 Å². The molecule has 0 unspecified atom stereocenters. The summed E-state index contributed by atoms with van der Waals surface area (Å²) >= 11 is 0. The lowest BCUT2D eigenvalue weighted by molar-refractivity contribution is 0.0698. The van der Waals surface area contributed by atoms with Crippen molar-refractivity contribution in [2.75, 3.05) is 11.9 Å². The van der Waals surface area contributed by atoms with Gasteiger partial charge in [-0.1, -0.05) is 18.9 Å². The van der Waals surface area contributed by atoms with E-state index in [2.05, 4.69) is 10.6 Å². The molecule has 2 rings (SSSR count). The average Bonchev–Trinajstić information content (AvgIpc) is 3.21. The average molecular weight is 290 g/mol. The van der Waals surface area contributed by atoms with Gasteiger partial charge in [-0.3, -0.25) is 0 Å². The fraction of sp³-hybridized carbons (Fsp3) is 0.500. The van der Waals surface area contributed by atoms with Crippen molar-refractivity contribution in [2.45, 2.75) is 39.5 Å². The highest BCUT2D eigenvalue weighted by atomic mass is 16.4. The van der Waals surface area contributed by atoms with Crippen LogP contribution in [0.5, 0.6) is 0 Å². The predicted octanol–water partition coefficient (Wildman–Crippen LogP) is 3.31. The summed E-state index contributed by atoms with van der Waals surface area (Å²) in [5, 5.41) is 14.7. The Hall–Kier alpha value is -2.04. The van der Waals surface area contributed by atoms with E-state index < -0.39 is 5.97 Å². The minimum absolute atomic E-state index is 0.126. The molecule has 0 bridgehead atoms. The van der Waals surface area contributed by atoms with Gasteiger partial charge in [-0.05, 0) is 49.8 Å². The van der Waals surface area contributed by atoms with Crippen LogP contribution in [0.4, 0.5) is 10.5 Å². The Bertz CT molecular complexity index is 551. The van der Waals surface area contributed by atoms with Crippen molar-refractivity contribution in [3.8, 4) is 0 Å². The quantitative estimate of drug-likeness (QED) is 0.703. The van der Waals surface area contributed by atoms with Crippen LogP contribution in [0.1, 0.15) is 47.2 Å². The number of nitrogens with one attached hydrogen (secondary N) is 2. The van der Waals surface area contributed by atoms with Crippen molar-refractivity contribution >= 4 is 17.7 Å². The highest BCUT2D eigenvalue weighted by Crippen LogP contribution is 2.33. The van der Waals surface area contributed by atoms with E-state index in [9.17, 15) is 14.7 Å². The number of rotatable bonds is 6. The second-order valence-corrected chi connectivity index (χ2v) is 5.78. The first-order valence-electron chi connectivity index (χ1n) is 7.36. The molecule has 0 heterocycles. The van der Waals surface area contributed by atoms with E-state index >= 15 is 0 Å². The van der Waals surface area contributed by atoms with Gasteiger partial charge in [0.15, 0.2) is 0 Å². The topological polar surface area (TPSA) is 78.4 Å². The number of carbonyl (C=O) groups excluding carboxylic acids is 1. The third kappa shape index (κ3) is 4.48. The number of anilines is 1.